The fourth-order valence-electron chi connectivity index (χ4n) is 3.20. The number of hydrogen-bond acceptors (Lipinski definition) is 3. The lowest BCUT2D eigenvalue weighted by Crippen LogP contribution is -2.48. The molecule has 0 spiro atoms. The van der Waals surface area contributed by atoms with Crippen molar-refractivity contribution in [1.29, 1.82) is 0 Å². The van der Waals surface area contributed by atoms with Gasteiger partial charge in [0, 0.05) is 13.1 Å². The number of morpholine rings is 1. The molecule has 0 saturated carbocycles. The number of nitrogens with one attached hydrogen (secondary N) is 1. The summed E-state index contributed by atoms with van der Waals surface area (Å²) in [6, 6.07) is 10.4. The molecule has 3 rings (SSSR count). The van der Waals surface area contributed by atoms with Crippen LogP contribution in [0.15, 0.2) is 46.0 Å². The number of guanidine groups is 1. The highest BCUT2D eigenvalue weighted by atomic mass is 16.5. The lowest BCUT2D eigenvalue weighted by atomic mass is 10.00. The second kappa shape index (κ2) is 8.21. The fourth-order valence-corrected chi connectivity index (χ4v) is 3.20. The molecule has 2 heterocycles. The van der Waals surface area contributed by atoms with Gasteiger partial charge in [-0.05, 0) is 44.0 Å². The largest absolute Gasteiger partial charge is 0.467 e. The van der Waals surface area contributed by atoms with Crippen molar-refractivity contribution in [2.75, 3.05) is 26.2 Å². The first-order valence-electron chi connectivity index (χ1n) is 8.91. The molecule has 1 aliphatic heterocycles. The minimum atomic E-state index is 0.0711. The first kappa shape index (κ1) is 17.5. The van der Waals surface area contributed by atoms with Crippen LogP contribution in [0.25, 0.3) is 0 Å². The van der Waals surface area contributed by atoms with E-state index in [9.17, 15) is 0 Å². The van der Waals surface area contributed by atoms with Crippen molar-refractivity contribution in [3.8, 4) is 0 Å². The molecular weight excluding hydrogens is 314 g/mol. The van der Waals surface area contributed by atoms with Crippen LogP contribution < -0.4 is 5.32 Å². The van der Waals surface area contributed by atoms with E-state index in [4.69, 9.17) is 14.1 Å². The van der Waals surface area contributed by atoms with Gasteiger partial charge in [0.05, 0.1) is 19.4 Å². The number of hydrogen-bond donors (Lipinski definition) is 1. The number of furan rings is 1. The van der Waals surface area contributed by atoms with Crippen LogP contribution in [-0.2, 0) is 11.3 Å². The van der Waals surface area contributed by atoms with Gasteiger partial charge in [-0.25, -0.2) is 4.99 Å². The van der Waals surface area contributed by atoms with Crippen molar-refractivity contribution < 1.29 is 9.15 Å². The maximum atomic E-state index is 6.05. The Kier molecular flexibility index (Phi) is 5.76. The average molecular weight is 341 g/mol. The Balaban J connectivity index is 1.74. The van der Waals surface area contributed by atoms with Crippen molar-refractivity contribution in [1.82, 2.24) is 10.2 Å². The van der Waals surface area contributed by atoms with Gasteiger partial charge in [0.15, 0.2) is 5.96 Å². The van der Waals surface area contributed by atoms with Crippen LogP contribution in [0.4, 0.5) is 0 Å². The summed E-state index contributed by atoms with van der Waals surface area (Å²) in [7, 11) is 0. The summed E-state index contributed by atoms with van der Waals surface area (Å²) < 4.78 is 11.4. The quantitative estimate of drug-likeness (QED) is 0.684. The summed E-state index contributed by atoms with van der Waals surface area (Å²) in [5, 5.41) is 3.39. The summed E-state index contributed by atoms with van der Waals surface area (Å²) in [5.41, 5.74) is 3.82. The number of benzene rings is 1. The molecule has 5 heteroatoms. The Hall–Kier alpha value is -2.27. The van der Waals surface area contributed by atoms with E-state index in [2.05, 4.69) is 49.2 Å². The van der Waals surface area contributed by atoms with E-state index in [0.717, 1.165) is 31.4 Å². The Morgan fingerprint density at radius 1 is 1.32 bits per heavy atom. The van der Waals surface area contributed by atoms with Crippen LogP contribution in [0.3, 0.4) is 0 Å². The van der Waals surface area contributed by atoms with Crippen molar-refractivity contribution in [3.63, 3.8) is 0 Å². The molecule has 25 heavy (non-hydrogen) atoms. The molecule has 0 bridgehead atoms. The van der Waals surface area contributed by atoms with Gasteiger partial charge < -0.3 is 19.4 Å². The number of aliphatic imine (C=N–C) groups is 1. The monoisotopic (exact) mass is 341 g/mol. The number of ether oxygens (including phenoxy) is 1. The number of aryl methyl sites for hydroxylation is 2. The SMILES string of the molecule is CCNC(=NCc1ccco1)N1CCOC(c2ccc(C)cc2C)C1. The minimum Gasteiger partial charge on any atom is -0.467 e. The third-order valence-corrected chi connectivity index (χ3v) is 4.44. The second-order valence-corrected chi connectivity index (χ2v) is 6.42. The lowest BCUT2D eigenvalue weighted by Gasteiger charge is -2.35. The maximum absolute atomic E-state index is 6.05. The number of rotatable bonds is 4. The van der Waals surface area contributed by atoms with Crippen LogP contribution in [0.2, 0.25) is 0 Å². The Bertz CT molecular complexity index is 710. The molecule has 1 aliphatic rings. The second-order valence-electron chi connectivity index (χ2n) is 6.42. The normalized spacial score (nSPS) is 18.4. The summed E-state index contributed by atoms with van der Waals surface area (Å²) in [6.45, 7) is 10.1. The summed E-state index contributed by atoms with van der Waals surface area (Å²) in [5.74, 6) is 1.78. The van der Waals surface area contributed by atoms with Crippen LogP contribution in [0, 0.1) is 13.8 Å². The van der Waals surface area contributed by atoms with Gasteiger partial charge in [-0.15, -0.1) is 0 Å². The zero-order chi connectivity index (χ0) is 17.6. The standard InChI is InChI=1S/C20H27N3O2/c1-4-21-20(22-13-17-6-5-10-24-17)23-9-11-25-19(14-23)18-8-7-15(2)12-16(18)3/h5-8,10,12,19H,4,9,11,13-14H2,1-3H3,(H,21,22). The number of nitrogens with zero attached hydrogens (tertiary/aromatic N) is 2. The lowest BCUT2D eigenvalue weighted by molar-refractivity contribution is -0.00835. The van der Waals surface area contributed by atoms with E-state index in [1.807, 2.05) is 12.1 Å². The van der Waals surface area contributed by atoms with E-state index < -0.39 is 0 Å². The third kappa shape index (κ3) is 4.42. The van der Waals surface area contributed by atoms with Gasteiger partial charge >= 0.3 is 0 Å². The molecule has 1 atom stereocenters. The minimum absolute atomic E-state index is 0.0711. The smallest absolute Gasteiger partial charge is 0.194 e. The van der Waals surface area contributed by atoms with Crippen LogP contribution >= 0.6 is 0 Å². The molecule has 1 unspecified atom stereocenters. The molecule has 2 aromatic rings. The van der Waals surface area contributed by atoms with E-state index in [0.29, 0.717) is 13.2 Å². The van der Waals surface area contributed by atoms with Crippen molar-refractivity contribution in [3.05, 3.63) is 59.0 Å². The Morgan fingerprint density at radius 3 is 2.92 bits per heavy atom. The van der Waals surface area contributed by atoms with Crippen LogP contribution in [0.5, 0.6) is 0 Å². The highest BCUT2D eigenvalue weighted by molar-refractivity contribution is 5.80. The Labute approximate surface area is 149 Å². The topological polar surface area (TPSA) is 50.0 Å². The van der Waals surface area contributed by atoms with Crippen LogP contribution in [0.1, 0.15) is 35.5 Å². The third-order valence-electron chi connectivity index (χ3n) is 4.44. The molecule has 0 aliphatic carbocycles. The molecule has 1 aromatic carbocycles. The fraction of sp³-hybridized carbons (Fsp3) is 0.450. The summed E-state index contributed by atoms with van der Waals surface area (Å²) >= 11 is 0. The van der Waals surface area contributed by atoms with Gasteiger partial charge in [0.25, 0.3) is 0 Å². The van der Waals surface area contributed by atoms with E-state index in [-0.39, 0.29) is 6.10 Å². The molecule has 1 aromatic heterocycles. The first-order chi connectivity index (χ1) is 12.2. The van der Waals surface area contributed by atoms with Gasteiger partial charge in [-0.3, -0.25) is 0 Å². The van der Waals surface area contributed by atoms with E-state index in [1.165, 1.54) is 16.7 Å². The highest BCUT2D eigenvalue weighted by Crippen LogP contribution is 2.26. The zero-order valence-corrected chi connectivity index (χ0v) is 15.3. The Morgan fingerprint density at radius 2 is 2.20 bits per heavy atom. The maximum Gasteiger partial charge on any atom is 0.194 e. The van der Waals surface area contributed by atoms with Gasteiger partial charge in [-0.2, -0.15) is 0 Å². The van der Waals surface area contributed by atoms with E-state index >= 15 is 0 Å². The van der Waals surface area contributed by atoms with Crippen LogP contribution in [-0.4, -0.2) is 37.1 Å². The molecule has 134 valence electrons. The molecule has 1 fully saturated rings. The molecule has 1 N–H and O–H groups in total. The molecule has 0 amide bonds. The summed E-state index contributed by atoms with van der Waals surface area (Å²) in [4.78, 5) is 7.00. The van der Waals surface area contributed by atoms with Crippen molar-refractivity contribution in [2.24, 2.45) is 4.99 Å². The molecule has 1 saturated heterocycles. The average Bonchev–Trinajstić information content (AvgIpc) is 3.12. The van der Waals surface area contributed by atoms with Crippen molar-refractivity contribution in [2.45, 2.75) is 33.4 Å². The van der Waals surface area contributed by atoms with Crippen molar-refractivity contribution >= 4 is 5.96 Å². The molecular formula is C20H27N3O2. The highest BCUT2D eigenvalue weighted by Gasteiger charge is 2.25. The predicted molar refractivity (Wildman–Crippen MR) is 99.7 cm³/mol. The first-order valence-corrected chi connectivity index (χ1v) is 8.91. The molecule has 0 radical (unpaired) electrons. The zero-order valence-electron chi connectivity index (χ0n) is 15.3. The molecule has 5 nitrogen and oxygen atoms in total. The van der Waals surface area contributed by atoms with E-state index in [1.54, 1.807) is 6.26 Å². The summed E-state index contributed by atoms with van der Waals surface area (Å²) in [6.07, 6.45) is 1.75. The van der Waals surface area contributed by atoms with Gasteiger partial charge in [-0.1, -0.05) is 23.8 Å². The predicted octanol–water partition coefficient (Wildman–Crippen LogP) is 3.44. The van der Waals surface area contributed by atoms with Gasteiger partial charge in [0.1, 0.15) is 18.4 Å². The van der Waals surface area contributed by atoms with Gasteiger partial charge in [0.2, 0.25) is 0 Å².